The third-order valence-corrected chi connectivity index (χ3v) is 4.20. The lowest BCUT2D eigenvalue weighted by Crippen LogP contribution is -2.26. The normalized spacial score (nSPS) is 21.4. The van der Waals surface area contributed by atoms with Gasteiger partial charge in [-0.3, -0.25) is 0 Å². The van der Waals surface area contributed by atoms with Gasteiger partial charge < -0.3 is 5.73 Å². The molecule has 21 heavy (non-hydrogen) atoms. The maximum atomic E-state index is 13.6. The summed E-state index contributed by atoms with van der Waals surface area (Å²) in [6.45, 7) is 4.53. The lowest BCUT2D eigenvalue weighted by Gasteiger charge is -2.35. The second-order valence-corrected chi connectivity index (χ2v) is 6.63. The zero-order chi connectivity index (χ0) is 15.0. The Morgan fingerprint density at radius 3 is 2.86 bits per heavy atom. The zero-order valence-corrected chi connectivity index (χ0v) is 12.4. The molecular formula is C15H20FN5. The van der Waals surface area contributed by atoms with Crippen LogP contribution in [0.1, 0.15) is 45.6 Å². The number of tetrazole rings is 1. The molecule has 3 rings (SSSR count). The average molecular weight is 289 g/mol. The van der Waals surface area contributed by atoms with Crippen molar-refractivity contribution < 1.29 is 4.39 Å². The van der Waals surface area contributed by atoms with E-state index < -0.39 is 0 Å². The van der Waals surface area contributed by atoms with Crippen molar-refractivity contribution in [1.29, 1.82) is 0 Å². The van der Waals surface area contributed by atoms with Gasteiger partial charge >= 0.3 is 0 Å². The van der Waals surface area contributed by atoms with Gasteiger partial charge in [-0.2, -0.15) is 0 Å². The molecule has 1 saturated carbocycles. The number of nitrogen functional groups attached to an aromatic ring is 1. The molecule has 0 radical (unpaired) electrons. The summed E-state index contributed by atoms with van der Waals surface area (Å²) in [5.74, 6) is 0.215. The van der Waals surface area contributed by atoms with Gasteiger partial charge in [-0.1, -0.05) is 20.3 Å². The van der Waals surface area contributed by atoms with Crippen LogP contribution < -0.4 is 5.73 Å². The summed E-state index contributed by atoms with van der Waals surface area (Å²) < 4.78 is 15.4. The van der Waals surface area contributed by atoms with Crippen LogP contribution in [-0.4, -0.2) is 20.2 Å². The van der Waals surface area contributed by atoms with Crippen molar-refractivity contribution in [3.8, 4) is 11.4 Å². The second kappa shape index (κ2) is 5.09. The molecule has 1 aliphatic carbocycles. The van der Waals surface area contributed by atoms with E-state index in [1.54, 1.807) is 6.07 Å². The van der Waals surface area contributed by atoms with Crippen LogP contribution in [0.2, 0.25) is 0 Å². The second-order valence-electron chi connectivity index (χ2n) is 6.63. The molecule has 0 bridgehead atoms. The van der Waals surface area contributed by atoms with Gasteiger partial charge in [-0.25, -0.2) is 9.07 Å². The highest BCUT2D eigenvalue weighted by Gasteiger charge is 2.31. The van der Waals surface area contributed by atoms with Crippen molar-refractivity contribution in [2.45, 2.75) is 45.6 Å². The third kappa shape index (κ3) is 2.89. The lowest BCUT2D eigenvalue weighted by molar-refractivity contribution is 0.174. The standard InChI is InChI=1S/C15H20FN5/c1-15(2)5-3-4-13(9-15)21-14(18-19-20-21)10-6-11(16)8-12(17)7-10/h6-8,13H,3-5,9,17H2,1-2H3. The lowest BCUT2D eigenvalue weighted by atomic mass is 9.75. The van der Waals surface area contributed by atoms with Crippen molar-refractivity contribution in [3.63, 3.8) is 0 Å². The number of rotatable bonds is 2. The predicted molar refractivity (Wildman–Crippen MR) is 78.9 cm³/mol. The van der Waals surface area contributed by atoms with Gasteiger partial charge in [0.2, 0.25) is 0 Å². The average Bonchev–Trinajstić information content (AvgIpc) is 2.85. The number of halogens is 1. The van der Waals surface area contributed by atoms with Crippen LogP contribution in [0.25, 0.3) is 11.4 Å². The maximum Gasteiger partial charge on any atom is 0.182 e. The topological polar surface area (TPSA) is 69.6 Å². The molecule has 2 aromatic rings. The minimum Gasteiger partial charge on any atom is -0.399 e. The van der Waals surface area contributed by atoms with Gasteiger partial charge in [-0.15, -0.1) is 5.10 Å². The molecule has 1 aromatic heterocycles. The first-order chi connectivity index (χ1) is 9.94. The Morgan fingerprint density at radius 1 is 1.33 bits per heavy atom. The van der Waals surface area contributed by atoms with E-state index in [9.17, 15) is 4.39 Å². The highest BCUT2D eigenvalue weighted by molar-refractivity contribution is 5.61. The van der Waals surface area contributed by atoms with Gasteiger partial charge in [-0.05, 0) is 53.3 Å². The molecule has 0 amide bonds. The van der Waals surface area contributed by atoms with Gasteiger partial charge in [0.05, 0.1) is 6.04 Å². The van der Waals surface area contributed by atoms with Gasteiger partial charge in [0.25, 0.3) is 0 Å². The summed E-state index contributed by atoms with van der Waals surface area (Å²) in [7, 11) is 0. The van der Waals surface area contributed by atoms with Crippen LogP contribution >= 0.6 is 0 Å². The van der Waals surface area contributed by atoms with Crippen LogP contribution in [-0.2, 0) is 0 Å². The Hall–Kier alpha value is -1.98. The Bertz CT molecular complexity index is 629. The molecule has 0 saturated heterocycles. The molecule has 1 aliphatic rings. The number of nitrogens with zero attached hydrogens (tertiary/aromatic N) is 4. The van der Waals surface area contributed by atoms with E-state index in [-0.39, 0.29) is 17.3 Å². The highest BCUT2D eigenvalue weighted by atomic mass is 19.1. The summed E-state index contributed by atoms with van der Waals surface area (Å²) >= 11 is 0. The zero-order valence-electron chi connectivity index (χ0n) is 12.4. The van der Waals surface area contributed by atoms with Crippen molar-refractivity contribution >= 4 is 5.69 Å². The molecule has 5 nitrogen and oxygen atoms in total. The van der Waals surface area contributed by atoms with Crippen molar-refractivity contribution in [2.75, 3.05) is 5.73 Å². The molecule has 0 spiro atoms. The fourth-order valence-electron chi connectivity index (χ4n) is 3.24. The number of anilines is 1. The van der Waals surface area contributed by atoms with E-state index in [1.165, 1.54) is 18.6 Å². The molecule has 2 N–H and O–H groups in total. The van der Waals surface area contributed by atoms with E-state index in [1.807, 2.05) is 4.68 Å². The fraction of sp³-hybridized carbons (Fsp3) is 0.533. The molecule has 1 heterocycles. The SMILES string of the molecule is CC1(C)CCCC(n2nnnc2-c2cc(N)cc(F)c2)C1. The monoisotopic (exact) mass is 289 g/mol. The molecule has 1 fully saturated rings. The van der Waals surface area contributed by atoms with Crippen LogP contribution in [0.4, 0.5) is 10.1 Å². The van der Waals surface area contributed by atoms with Crippen molar-refractivity contribution in [1.82, 2.24) is 20.2 Å². The van der Waals surface area contributed by atoms with Gasteiger partial charge in [0.1, 0.15) is 5.82 Å². The smallest absolute Gasteiger partial charge is 0.182 e. The molecule has 1 unspecified atom stereocenters. The van der Waals surface area contributed by atoms with Crippen LogP contribution in [0.15, 0.2) is 18.2 Å². The summed E-state index contributed by atoms with van der Waals surface area (Å²) in [6, 6.07) is 4.68. The van der Waals surface area contributed by atoms with E-state index in [0.717, 1.165) is 19.3 Å². The van der Waals surface area contributed by atoms with Crippen LogP contribution in [0.5, 0.6) is 0 Å². The largest absolute Gasteiger partial charge is 0.399 e. The summed E-state index contributed by atoms with van der Waals surface area (Å²) in [4.78, 5) is 0. The predicted octanol–water partition coefficient (Wildman–Crippen LogP) is 3.20. The Balaban J connectivity index is 1.97. The number of nitrogens with two attached hydrogens (primary N) is 1. The third-order valence-electron chi connectivity index (χ3n) is 4.20. The molecular weight excluding hydrogens is 269 g/mol. The minimum atomic E-state index is -0.372. The van der Waals surface area contributed by atoms with E-state index in [0.29, 0.717) is 17.1 Å². The summed E-state index contributed by atoms with van der Waals surface area (Å²) in [5.41, 5.74) is 7.01. The first-order valence-corrected chi connectivity index (χ1v) is 7.29. The quantitative estimate of drug-likeness (QED) is 0.862. The number of hydrogen-bond donors (Lipinski definition) is 1. The number of aromatic nitrogens is 4. The molecule has 6 heteroatoms. The Labute approximate surface area is 123 Å². The molecule has 0 aliphatic heterocycles. The van der Waals surface area contributed by atoms with E-state index in [4.69, 9.17) is 5.73 Å². The van der Waals surface area contributed by atoms with Gasteiger partial charge in [0, 0.05) is 11.3 Å². The molecule has 1 atom stereocenters. The fourth-order valence-corrected chi connectivity index (χ4v) is 3.24. The van der Waals surface area contributed by atoms with Crippen molar-refractivity contribution in [2.24, 2.45) is 5.41 Å². The van der Waals surface area contributed by atoms with Crippen molar-refractivity contribution in [3.05, 3.63) is 24.0 Å². The Morgan fingerprint density at radius 2 is 2.14 bits per heavy atom. The molecule has 1 aromatic carbocycles. The highest BCUT2D eigenvalue weighted by Crippen LogP contribution is 2.41. The van der Waals surface area contributed by atoms with E-state index >= 15 is 0 Å². The van der Waals surface area contributed by atoms with Crippen LogP contribution in [0, 0.1) is 11.2 Å². The van der Waals surface area contributed by atoms with E-state index in [2.05, 4.69) is 29.4 Å². The molecule has 112 valence electrons. The minimum absolute atomic E-state index is 0.253. The van der Waals surface area contributed by atoms with Crippen LogP contribution in [0.3, 0.4) is 0 Å². The summed E-state index contributed by atoms with van der Waals surface area (Å²) in [6.07, 6.45) is 4.44. The number of benzene rings is 1. The summed E-state index contributed by atoms with van der Waals surface area (Å²) in [5, 5.41) is 12.0. The first kappa shape index (κ1) is 14.0. The first-order valence-electron chi connectivity index (χ1n) is 7.29. The van der Waals surface area contributed by atoms with Gasteiger partial charge in [0.15, 0.2) is 5.82 Å². The maximum absolute atomic E-state index is 13.6. The Kier molecular flexibility index (Phi) is 3.39. The number of hydrogen-bond acceptors (Lipinski definition) is 4.